The van der Waals surface area contributed by atoms with E-state index < -0.39 is 5.82 Å². The van der Waals surface area contributed by atoms with Gasteiger partial charge >= 0.3 is 0 Å². The second-order valence-electron chi connectivity index (χ2n) is 3.75. The van der Waals surface area contributed by atoms with Crippen LogP contribution in [0.2, 0.25) is 0 Å². The fourth-order valence-electron chi connectivity index (χ4n) is 1.46. The molecule has 2 aromatic rings. The lowest BCUT2D eigenvalue weighted by atomic mass is 10.1. The van der Waals surface area contributed by atoms with Gasteiger partial charge < -0.3 is 5.32 Å². The molecule has 0 unspecified atom stereocenters. The maximum Gasteiger partial charge on any atom is 0.166 e. The Kier molecular flexibility index (Phi) is 3.58. The molecule has 0 aliphatic rings. The summed E-state index contributed by atoms with van der Waals surface area (Å²) in [5.74, 6) is -0.317. The molecule has 0 saturated carbocycles. The maximum atomic E-state index is 13.6. The van der Waals surface area contributed by atoms with E-state index >= 15 is 0 Å². The Morgan fingerprint density at radius 1 is 1.39 bits per heavy atom. The summed E-state index contributed by atoms with van der Waals surface area (Å²) in [7, 11) is 0. The van der Waals surface area contributed by atoms with Gasteiger partial charge in [0.05, 0.1) is 11.6 Å². The smallest absolute Gasteiger partial charge is 0.166 e. The summed E-state index contributed by atoms with van der Waals surface area (Å²) in [6.07, 6.45) is 1.51. The number of benzene rings is 1. The second-order valence-corrected chi connectivity index (χ2v) is 4.67. The molecule has 0 amide bonds. The van der Waals surface area contributed by atoms with Crippen LogP contribution in [0.25, 0.3) is 0 Å². The molecule has 0 bridgehead atoms. The Morgan fingerprint density at radius 2 is 2.17 bits per heavy atom. The van der Waals surface area contributed by atoms with E-state index in [9.17, 15) is 4.39 Å². The topological polar surface area (TPSA) is 48.7 Å². The van der Waals surface area contributed by atoms with Gasteiger partial charge in [0.15, 0.2) is 11.6 Å². The van der Waals surface area contributed by atoms with Crippen molar-refractivity contribution in [2.45, 2.75) is 6.92 Å². The van der Waals surface area contributed by atoms with Crippen LogP contribution in [0.5, 0.6) is 0 Å². The highest BCUT2D eigenvalue weighted by Gasteiger charge is 2.07. The lowest BCUT2D eigenvalue weighted by Gasteiger charge is -2.09. The zero-order chi connectivity index (χ0) is 13.1. The molecule has 0 atom stereocenters. The summed E-state index contributed by atoms with van der Waals surface area (Å²) >= 11 is 3.15. The summed E-state index contributed by atoms with van der Waals surface area (Å²) < 4.78 is 14.2. The molecule has 0 spiro atoms. The monoisotopic (exact) mass is 305 g/mol. The predicted molar refractivity (Wildman–Crippen MR) is 71.1 cm³/mol. The van der Waals surface area contributed by atoms with E-state index in [1.165, 1.54) is 12.3 Å². The number of nitrogens with one attached hydrogen (secondary N) is 1. The number of aryl methyl sites for hydroxylation is 1. The summed E-state index contributed by atoms with van der Waals surface area (Å²) in [5.41, 5.74) is 2.10. The van der Waals surface area contributed by atoms with Crippen LogP contribution in [0.4, 0.5) is 15.9 Å². The molecule has 1 heterocycles. The minimum absolute atomic E-state index is 0.136. The van der Waals surface area contributed by atoms with Crippen LogP contribution < -0.4 is 5.32 Å². The maximum absolute atomic E-state index is 13.6. The molecule has 0 fully saturated rings. The molecule has 90 valence electrons. The van der Waals surface area contributed by atoms with E-state index in [4.69, 9.17) is 5.26 Å². The number of nitriles is 1. The zero-order valence-electron chi connectivity index (χ0n) is 9.54. The molecule has 2 rings (SSSR count). The lowest BCUT2D eigenvalue weighted by Crippen LogP contribution is -1.99. The van der Waals surface area contributed by atoms with Gasteiger partial charge in [-0.1, -0.05) is 6.07 Å². The minimum Gasteiger partial charge on any atom is -0.338 e. The number of nitrogens with zero attached hydrogens (tertiary/aromatic N) is 2. The van der Waals surface area contributed by atoms with E-state index in [-0.39, 0.29) is 5.82 Å². The van der Waals surface area contributed by atoms with Crippen molar-refractivity contribution in [2.75, 3.05) is 5.32 Å². The van der Waals surface area contributed by atoms with Gasteiger partial charge in [-0.25, -0.2) is 9.37 Å². The third-order valence-corrected chi connectivity index (χ3v) is 2.86. The highest BCUT2D eigenvalue weighted by atomic mass is 79.9. The van der Waals surface area contributed by atoms with Crippen LogP contribution in [0.1, 0.15) is 11.1 Å². The van der Waals surface area contributed by atoms with Crippen LogP contribution in [-0.4, -0.2) is 4.98 Å². The first kappa shape index (κ1) is 12.5. The van der Waals surface area contributed by atoms with E-state index in [1.54, 1.807) is 18.2 Å². The highest BCUT2D eigenvalue weighted by Crippen LogP contribution is 2.23. The molecule has 1 aromatic heterocycles. The van der Waals surface area contributed by atoms with E-state index in [0.717, 1.165) is 5.56 Å². The van der Waals surface area contributed by atoms with Crippen molar-refractivity contribution in [1.82, 2.24) is 4.98 Å². The number of aromatic nitrogens is 1. The van der Waals surface area contributed by atoms with Crippen molar-refractivity contribution >= 4 is 27.4 Å². The molecule has 0 saturated heterocycles. The number of pyridine rings is 1. The van der Waals surface area contributed by atoms with E-state index in [0.29, 0.717) is 15.7 Å². The van der Waals surface area contributed by atoms with Gasteiger partial charge in [-0.15, -0.1) is 0 Å². The first-order chi connectivity index (χ1) is 8.60. The molecule has 18 heavy (non-hydrogen) atoms. The Morgan fingerprint density at radius 3 is 2.83 bits per heavy atom. The first-order valence-electron chi connectivity index (χ1n) is 5.19. The molecule has 0 aliphatic heterocycles. The number of hydrogen-bond donors (Lipinski definition) is 1. The second kappa shape index (κ2) is 5.15. The van der Waals surface area contributed by atoms with Gasteiger partial charge in [0.25, 0.3) is 0 Å². The summed E-state index contributed by atoms with van der Waals surface area (Å²) in [6, 6.07) is 8.56. The molecule has 0 radical (unpaired) electrons. The first-order valence-corrected chi connectivity index (χ1v) is 5.98. The van der Waals surface area contributed by atoms with Gasteiger partial charge in [-0.2, -0.15) is 5.26 Å². The minimum atomic E-state index is -0.453. The third-order valence-electron chi connectivity index (χ3n) is 2.43. The van der Waals surface area contributed by atoms with E-state index in [2.05, 4.69) is 26.2 Å². The standard InChI is InChI=1S/C13H9BrFN3/c1-8-2-3-9(6-16)4-12(8)18-13-11(15)5-10(14)7-17-13/h2-5,7H,1H3,(H,17,18). The molecule has 1 aromatic carbocycles. The van der Waals surface area contributed by atoms with Crippen molar-refractivity contribution in [3.05, 3.63) is 51.9 Å². The van der Waals surface area contributed by atoms with Gasteiger partial charge in [-0.3, -0.25) is 0 Å². The normalized spacial score (nSPS) is 9.89. The SMILES string of the molecule is Cc1ccc(C#N)cc1Nc1ncc(Br)cc1F. The van der Waals surface area contributed by atoms with Crippen molar-refractivity contribution in [1.29, 1.82) is 5.26 Å². The Balaban J connectivity index is 2.37. The number of rotatable bonds is 2. The fourth-order valence-corrected chi connectivity index (χ4v) is 1.76. The number of hydrogen-bond acceptors (Lipinski definition) is 3. The lowest BCUT2D eigenvalue weighted by molar-refractivity contribution is 0.625. The van der Waals surface area contributed by atoms with Gasteiger partial charge in [0, 0.05) is 16.4 Å². The van der Waals surface area contributed by atoms with Crippen molar-refractivity contribution in [2.24, 2.45) is 0 Å². The van der Waals surface area contributed by atoms with Crippen LogP contribution in [0.3, 0.4) is 0 Å². The molecular weight excluding hydrogens is 297 g/mol. The third kappa shape index (κ3) is 2.66. The fraction of sp³-hybridized carbons (Fsp3) is 0.0769. The Labute approximate surface area is 112 Å². The zero-order valence-corrected chi connectivity index (χ0v) is 11.1. The van der Waals surface area contributed by atoms with Crippen LogP contribution in [0, 0.1) is 24.1 Å². The van der Waals surface area contributed by atoms with Gasteiger partial charge in [-0.05, 0) is 46.6 Å². The van der Waals surface area contributed by atoms with Gasteiger partial charge in [0.2, 0.25) is 0 Å². The molecule has 3 nitrogen and oxygen atoms in total. The average molecular weight is 306 g/mol. The van der Waals surface area contributed by atoms with E-state index in [1.807, 2.05) is 13.0 Å². The summed E-state index contributed by atoms with van der Waals surface area (Å²) in [5, 5.41) is 11.7. The molecule has 0 aliphatic carbocycles. The van der Waals surface area contributed by atoms with Crippen molar-refractivity contribution in [3.63, 3.8) is 0 Å². The average Bonchev–Trinajstić information content (AvgIpc) is 2.35. The number of halogens is 2. The van der Waals surface area contributed by atoms with Crippen LogP contribution >= 0.6 is 15.9 Å². The summed E-state index contributed by atoms with van der Waals surface area (Å²) in [4.78, 5) is 3.95. The molecular formula is C13H9BrFN3. The molecule has 5 heteroatoms. The predicted octanol–water partition coefficient (Wildman–Crippen LogP) is 3.91. The number of anilines is 2. The van der Waals surface area contributed by atoms with Crippen molar-refractivity contribution < 1.29 is 4.39 Å². The quantitative estimate of drug-likeness (QED) is 0.915. The Hall–Kier alpha value is -1.93. The van der Waals surface area contributed by atoms with Gasteiger partial charge in [0.1, 0.15) is 0 Å². The van der Waals surface area contributed by atoms with Crippen LogP contribution in [-0.2, 0) is 0 Å². The summed E-state index contributed by atoms with van der Waals surface area (Å²) in [6.45, 7) is 1.88. The largest absolute Gasteiger partial charge is 0.338 e. The van der Waals surface area contributed by atoms with Crippen molar-refractivity contribution in [3.8, 4) is 6.07 Å². The Bertz CT molecular complexity index is 635. The van der Waals surface area contributed by atoms with Crippen LogP contribution in [0.15, 0.2) is 34.9 Å². The highest BCUT2D eigenvalue weighted by molar-refractivity contribution is 9.10. The molecule has 1 N–H and O–H groups in total.